The molecule has 0 saturated carbocycles. The Morgan fingerprint density at radius 1 is 1.00 bits per heavy atom. The van der Waals surface area contributed by atoms with Crippen molar-refractivity contribution in [3.8, 4) is 22.6 Å². The molecule has 112 valence electrons. The monoisotopic (exact) mass is 317 g/mol. The van der Waals surface area contributed by atoms with Crippen molar-refractivity contribution in [3.05, 3.63) is 36.4 Å². The lowest BCUT2D eigenvalue weighted by Crippen LogP contribution is -2.19. The quantitative estimate of drug-likeness (QED) is 0.256. The summed E-state index contributed by atoms with van der Waals surface area (Å²) in [5.74, 6) is -1.75. The van der Waals surface area contributed by atoms with Gasteiger partial charge < -0.3 is 26.0 Å². The fourth-order valence-electron chi connectivity index (χ4n) is 1.63. The molecule has 2 aromatic carbocycles. The zero-order chi connectivity index (χ0) is 16.1. The van der Waals surface area contributed by atoms with Crippen LogP contribution in [0.25, 0.3) is 0 Å². The molecular formula is C14H11N3O4S. The lowest BCUT2D eigenvalue weighted by atomic mass is 10.2. The highest BCUT2D eigenvalue weighted by atomic mass is 32.2. The van der Waals surface area contributed by atoms with Gasteiger partial charge in [-0.3, -0.25) is 0 Å². The summed E-state index contributed by atoms with van der Waals surface area (Å²) < 4.78 is 0. The zero-order valence-electron chi connectivity index (χ0n) is 11.1. The lowest BCUT2D eigenvalue weighted by Gasteiger charge is -2.09. The molecule has 0 aliphatic heterocycles. The van der Waals surface area contributed by atoms with E-state index in [1.165, 1.54) is 0 Å². The summed E-state index contributed by atoms with van der Waals surface area (Å²) in [6.45, 7) is 0. The van der Waals surface area contributed by atoms with E-state index in [0.29, 0.717) is 5.69 Å². The van der Waals surface area contributed by atoms with E-state index in [1.807, 2.05) is 5.40 Å². The minimum Gasteiger partial charge on any atom is -0.504 e. The molecule has 0 spiro atoms. The number of rotatable bonds is 3. The molecule has 5 N–H and O–H groups in total. The fourth-order valence-corrected chi connectivity index (χ4v) is 2.01. The molecule has 2 rings (SSSR count). The first-order chi connectivity index (χ1) is 10.5. The summed E-state index contributed by atoms with van der Waals surface area (Å²) in [6, 6.07) is 8.23. The highest BCUT2D eigenvalue weighted by Crippen LogP contribution is 2.37. The summed E-state index contributed by atoms with van der Waals surface area (Å²) in [5, 5.41) is 43.3. The van der Waals surface area contributed by atoms with Gasteiger partial charge in [-0.05, 0) is 36.0 Å². The van der Waals surface area contributed by atoms with E-state index < -0.39 is 23.3 Å². The maximum Gasteiger partial charge on any atom is 0.323 e. The summed E-state index contributed by atoms with van der Waals surface area (Å²) in [6.07, 6.45) is 0. The van der Waals surface area contributed by atoms with Gasteiger partial charge in [0.25, 0.3) is 0 Å². The number of nitriles is 1. The number of benzene rings is 2. The Hall–Kier alpha value is -3.05. The molecule has 8 heteroatoms. The third kappa shape index (κ3) is 3.74. The lowest BCUT2D eigenvalue weighted by molar-refractivity contribution is 0.262. The molecule has 2 aromatic rings. The normalized spacial score (nSPS) is 9.77. The minimum atomic E-state index is -0.656. The van der Waals surface area contributed by atoms with Crippen molar-refractivity contribution in [2.45, 2.75) is 4.90 Å². The summed E-state index contributed by atoms with van der Waals surface area (Å²) in [4.78, 5) is 12.5. The average molecular weight is 317 g/mol. The second-order valence-corrected chi connectivity index (χ2v) is 5.02. The molecule has 22 heavy (non-hydrogen) atoms. The number of aromatic hydroxyl groups is 3. The molecule has 0 saturated heterocycles. The Balaban J connectivity index is 2.02. The number of urea groups is 1. The number of nitrogens with zero attached hydrogens (tertiary/aromatic N) is 1. The predicted octanol–water partition coefficient (Wildman–Crippen LogP) is 3.02. The standard InChI is InChI=1S/C14H11N3O4S/c15-7-22-10-3-1-8(2-4-10)16-14(21)17-9-5-11(18)13(20)12(19)6-9/h1-6,18-20H,(H2,16,17,21). The number of thiocyanates is 1. The molecule has 0 radical (unpaired) electrons. The first-order valence-electron chi connectivity index (χ1n) is 5.98. The van der Waals surface area contributed by atoms with Gasteiger partial charge >= 0.3 is 6.03 Å². The van der Waals surface area contributed by atoms with Gasteiger partial charge in [-0.25, -0.2) is 4.79 Å². The van der Waals surface area contributed by atoms with Gasteiger partial charge in [0.2, 0.25) is 0 Å². The van der Waals surface area contributed by atoms with E-state index in [-0.39, 0.29) is 5.69 Å². The van der Waals surface area contributed by atoms with Crippen LogP contribution in [0.2, 0.25) is 0 Å². The van der Waals surface area contributed by atoms with E-state index in [4.69, 9.17) is 5.26 Å². The summed E-state index contributed by atoms with van der Waals surface area (Å²) in [7, 11) is 0. The number of amides is 2. The van der Waals surface area contributed by atoms with Crippen molar-refractivity contribution < 1.29 is 20.1 Å². The Bertz CT molecular complexity index is 718. The smallest absolute Gasteiger partial charge is 0.323 e. The fraction of sp³-hybridized carbons (Fsp3) is 0. The van der Waals surface area contributed by atoms with Crippen molar-refractivity contribution in [2.75, 3.05) is 10.6 Å². The van der Waals surface area contributed by atoms with Crippen LogP contribution in [0, 0.1) is 10.7 Å². The van der Waals surface area contributed by atoms with Crippen molar-refractivity contribution in [1.29, 1.82) is 5.26 Å². The number of thioether (sulfide) groups is 1. The van der Waals surface area contributed by atoms with E-state index in [9.17, 15) is 20.1 Å². The van der Waals surface area contributed by atoms with Gasteiger partial charge in [-0.1, -0.05) is 0 Å². The highest BCUT2D eigenvalue weighted by molar-refractivity contribution is 8.03. The third-order valence-corrected chi connectivity index (χ3v) is 3.20. The van der Waals surface area contributed by atoms with Gasteiger partial charge in [-0.2, -0.15) is 5.26 Å². The van der Waals surface area contributed by atoms with Gasteiger partial charge in [-0.15, -0.1) is 0 Å². The molecule has 0 aromatic heterocycles. The van der Waals surface area contributed by atoms with Crippen LogP contribution in [-0.2, 0) is 0 Å². The maximum absolute atomic E-state index is 11.8. The van der Waals surface area contributed by atoms with Gasteiger partial charge in [0.15, 0.2) is 17.2 Å². The van der Waals surface area contributed by atoms with Crippen LogP contribution in [0.4, 0.5) is 16.2 Å². The topological polar surface area (TPSA) is 126 Å². The molecular weight excluding hydrogens is 306 g/mol. The molecule has 0 bridgehead atoms. The van der Waals surface area contributed by atoms with Gasteiger partial charge in [0.05, 0.1) is 5.69 Å². The van der Waals surface area contributed by atoms with E-state index in [0.717, 1.165) is 28.8 Å². The SMILES string of the molecule is N#CSc1ccc(NC(=O)Nc2cc(O)c(O)c(O)c2)cc1. The maximum atomic E-state index is 11.8. The Labute approximate surface area is 129 Å². The van der Waals surface area contributed by atoms with Crippen molar-refractivity contribution in [3.63, 3.8) is 0 Å². The third-order valence-electron chi connectivity index (χ3n) is 2.60. The Morgan fingerprint density at radius 2 is 1.55 bits per heavy atom. The number of carbonyl (C=O) groups excluding carboxylic acids is 1. The number of hydrogen-bond acceptors (Lipinski definition) is 6. The second kappa shape index (κ2) is 6.60. The highest BCUT2D eigenvalue weighted by Gasteiger charge is 2.10. The summed E-state index contributed by atoms with van der Waals surface area (Å²) in [5.41, 5.74) is 0.619. The molecule has 0 fully saturated rings. The molecule has 0 aliphatic rings. The molecule has 7 nitrogen and oxygen atoms in total. The van der Waals surface area contributed by atoms with E-state index in [2.05, 4.69) is 10.6 Å². The second-order valence-electron chi connectivity index (χ2n) is 4.16. The van der Waals surface area contributed by atoms with Gasteiger partial charge in [0.1, 0.15) is 5.40 Å². The minimum absolute atomic E-state index is 0.113. The average Bonchev–Trinajstić information content (AvgIpc) is 2.47. The van der Waals surface area contributed by atoms with E-state index >= 15 is 0 Å². The zero-order valence-corrected chi connectivity index (χ0v) is 11.9. The van der Waals surface area contributed by atoms with Crippen LogP contribution < -0.4 is 10.6 Å². The van der Waals surface area contributed by atoms with Crippen LogP contribution >= 0.6 is 11.8 Å². The molecule has 0 aliphatic carbocycles. The van der Waals surface area contributed by atoms with Crippen molar-refractivity contribution >= 4 is 29.2 Å². The van der Waals surface area contributed by atoms with Crippen LogP contribution in [0.5, 0.6) is 17.2 Å². The van der Waals surface area contributed by atoms with Crippen molar-refractivity contribution in [1.82, 2.24) is 0 Å². The van der Waals surface area contributed by atoms with Crippen LogP contribution in [0.15, 0.2) is 41.3 Å². The Morgan fingerprint density at radius 3 is 2.09 bits per heavy atom. The van der Waals surface area contributed by atoms with E-state index in [1.54, 1.807) is 24.3 Å². The predicted molar refractivity (Wildman–Crippen MR) is 82.0 cm³/mol. The number of nitrogens with one attached hydrogen (secondary N) is 2. The molecule has 0 heterocycles. The van der Waals surface area contributed by atoms with Crippen LogP contribution in [0.1, 0.15) is 0 Å². The number of phenolic OH excluding ortho intramolecular Hbond substituents is 3. The van der Waals surface area contributed by atoms with Crippen LogP contribution in [-0.4, -0.2) is 21.4 Å². The summed E-state index contributed by atoms with van der Waals surface area (Å²) >= 11 is 1.01. The number of carbonyl (C=O) groups is 1. The molecule has 0 atom stereocenters. The van der Waals surface area contributed by atoms with Crippen LogP contribution in [0.3, 0.4) is 0 Å². The first-order valence-corrected chi connectivity index (χ1v) is 6.80. The number of phenols is 3. The number of anilines is 2. The first kappa shape index (κ1) is 15.3. The van der Waals surface area contributed by atoms with Gasteiger partial charge in [0, 0.05) is 22.7 Å². The van der Waals surface area contributed by atoms with Crippen molar-refractivity contribution in [2.24, 2.45) is 0 Å². The Kier molecular flexibility index (Phi) is 4.60. The largest absolute Gasteiger partial charge is 0.504 e. The molecule has 0 unspecified atom stereocenters. The number of hydrogen-bond donors (Lipinski definition) is 5. The molecule has 2 amide bonds.